The molecule has 1 aromatic carbocycles. The van der Waals surface area contributed by atoms with E-state index >= 15 is 0 Å². The molecule has 3 rings (SSSR count). The summed E-state index contributed by atoms with van der Waals surface area (Å²) in [7, 11) is 0. The van der Waals surface area contributed by atoms with E-state index in [1.165, 1.54) is 11.5 Å². The fraction of sp³-hybridized carbons (Fsp3) is 0.385. The lowest BCUT2D eigenvalue weighted by Crippen LogP contribution is -2.38. The van der Waals surface area contributed by atoms with Gasteiger partial charge in [-0.05, 0) is 24.6 Å². The predicted octanol–water partition coefficient (Wildman–Crippen LogP) is 3.08. The van der Waals surface area contributed by atoms with E-state index < -0.39 is 0 Å². The van der Waals surface area contributed by atoms with Crippen molar-refractivity contribution in [3.63, 3.8) is 0 Å². The Morgan fingerprint density at radius 2 is 2.16 bits per heavy atom. The standard InChI is InChI=1S/C13H14ClN3OS/c1-9-15-13(19-16-9)17-6-7-18-12(8-17)10-2-4-11(14)5-3-10/h2-5,12H,6-8H2,1H3. The predicted molar refractivity (Wildman–Crippen MR) is 77.0 cm³/mol. The van der Waals surface area contributed by atoms with Gasteiger partial charge in [-0.1, -0.05) is 23.7 Å². The molecule has 4 nitrogen and oxygen atoms in total. The van der Waals surface area contributed by atoms with Crippen molar-refractivity contribution < 1.29 is 4.74 Å². The largest absolute Gasteiger partial charge is 0.370 e. The van der Waals surface area contributed by atoms with Crippen LogP contribution in [0.15, 0.2) is 24.3 Å². The molecule has 100 valence electrons. The maximum atomic E-state index is 5.91. The Bertz CT molecular complexity index is 557. The summed E-state index contributed by atoms with van der Waals surface area (Å²) in [6.07, 6.45) is 0.0650. The Morgan fingerprint density at radius 1 is 1.37 bits per heavy atom. The van der Waals surface area contributed by atoms with Crippen molar-refractivity contribution in [2.24, 2.45) is 0 Å². The monoisotopic (exact) mass is 295 g/mol. The average Bonchev–Trinajstić information content (AvgIpc) is 2.86. The van der Waals surface area contributed by atoms with Gasteiger partial charge in [0, 0.05) is 23.1 Å². The van der Waals surface area contributed by atoms with E-state index in [1.54, 1.807) is 0 Å². The number of hydrogen-bond acceptors (Lipinski definition) is 5. The minimum atomic E-state index is 0.0650. The summed E-state index contributed by atoms with van der Waals surface area (Å²) in [5, 5.41) is 1.72. The van der Waals surface area contributed by atoms with E-state index in [0.717, 1.165) is 34.6 Å². The van der Waals surface area contributed by atoms with Crippen LogP contribution < -0.4 is 4.90 Å². The zero-order chi connectivity index (χ0) is 13.2. The summed E-state index contributed by atoms with van der Waals surface area (Å²) in [6, 6.07) is 7.83. The van der Waals surface area contributed by atoms with Gasteiger partial charge in [0.25, 0.3) is 0 Å². The molecular formula is C13H14ClN3OS. The lowest BCUT2D eigenvalue weighted by Gasteiger charge is -2.32. The van der Waals surface area contributed by atoms with Crippen molar-refractivity contribution >= 4 is 28.3 Å². The van der Waals surface area contributed by atoms with Gasteiger partial charge in [-0.25, -0.2) is 4.98 Å². The zero-order valence-electron chi connectivity index (χ0n) is 10.5. The molecule has 1 atom stereocenters. The highest BCUT2D eigenvalue weighted by Crippen LogP contribution is 2.27. The molecule has 0 radical (unpaired) electrons. The first-order valence-electron chi connectivity index (χ1n) is 6.15. The summed E-state index contributed by atoms with van der Waals surface area (Å²) >= 11 is 7.35. The Labute approximate surface area is 121 Å². The van der Waals surface area contributed by atoms with Crippen molar-refractivity contribution in [3.05, 3.63) is 40.7 Å². The van der Waals surface area contributed by atoms with Crippen LogP contribution in [0.5, 0.6) is 0 Å². The summed E-state index contributed by atoms with van der Waals surface area (Å²) < 4.78 is 10.1. The summed E-state index contributed by atoms with van der Waals surface area (Å²) in [5.41, 5.74) is 1.15. The van der Waals surface area contributed by atoms with Gasteiger partial charge < -0.3 is 9.64 Å². The number of aryl methyl sites for hydroxylation is 1. The van der Waals surface area contributed by atoms with Crippen LogP contribution in [0.1, 0.15) is 17.5 Å². The first-order chi connectivity index (χ1) is 9.22. The van der Waals surface area contributed by atoms with E-state index in [-0.39, 0.29) is 6.10 Å². The van der Waals surface area contributed by atoms with E-state index in [4.69, 9.17) is 16.3 Å². The number of halogens is 1. The fourth-order valence-corrected chi connectivity index (χ4v) is 2.95. The zero-order valence-corrected chi connectivity index (χ0v) is 12.1. The highest BCUT2D eigenvalue weighted by molar-refractivity contribution is 7.09. The lowest BCUT2D eigenvalue weighted by atomic mass is 10.1. The average molecular weight is 296 g/mol. The minimum Gasteiger partial charge on any atom is -0.370 e. The third kappa shape index (κ3) is 2.88. The van der Waals surface area contributed by atoms with Crippen LogP contribution in [0.2, 0.25) is 5.02 Å². The molecule has 1 saturated heterocycles. The molecule has 0 bridgehead atoms. The van der Waals surface area contributed by atoms with Gasteiger partial charge in [-0.15, -0.1) is 0 Å². The number of nitrogens with zero attached hydrogens (tertiary/aromatic N) is 3. The van der Waals surface area contributed by atoms with E-state index in [9.17, 15) is 0 Å². The van der Waals surface area contributed by atoms with Crippen LogP contribution in [0.25, 0.3) is 0 Å². The Kier molecular flexibility index (Phi) is 3.68. The molecule has 0 spiro atoms. The van der Waals surface area contributed by atoms with Crippen molar-refractivity contribution in [3.8, 4) is 0 Å². The van der Waals surface area contributed by atoms with Gasteiger partial charge in [0.1, 0.15) is 11.9 Å². The van der Waals surface area contributed by atoms with Gasteiger partial charge in [0.05, 0.1) is 13.2 Å². The molecule has 2 aromatic rings. The molecule has 1 fully saturated rings. The Morgan fingerprint density at radius 3 is 2.84 bits per heavy atom. The number of benzene rings is 1. The third-order valence-corrected chi connectivity index (χ3v) is 4.22. The topological polar surface area (TPSA) is 38.2 Å². The quantitative estimate of drug-likeness (QED) is 0.853. The van der Waals surface area contributed by atoms with Crippen LogP contribution in [-0.4, -0.2) is 29.1 Å². The number of ether oxygens (including phenoxy) is 1. The van der Waals surface area contributed by atoms with Gasteiger partial charge in [0.2, 0.25) is 5.13 Å². The van der Waals surface area contributed by atoms with Gasteiger partial charge in [-0.2, -0.15) is 4.37 Å². The highest BCUT2D eigenvalue weighted by atomic mass is 35.5. The molecule has 0 aliphatic carbocycles. The third-order valence-electron chi connectivity index (χ3n) is 3.10. The Hall–Kier alpha value is -1.17. The molecule has 0 N–H and O–H groups in total. The molecule has 2 heterocycles. The molecule has 0 amide bonds. The molecular weight excluding hydrogens is 282 g/mol. The van der Waals surface area contributed by atoms with Gasteiger partial charge in [-0.3, -0.25) is 0 Å². The molecule has 1 unspecified atom stereocenters. The SMILES string of the molecule is Cc1nsc(N2CCOC(c3ccc(Cl)cc3)C2)n1. The lowest BCUT2D eigenvalue weighted by molar-refractivity contribution is 0.0398. The molecule has 1 aromatic heterocycles. The van der Waals surface area contributed by atoms with Crippen molar-refractivity contribution in [1.29, 1.82) is 0 Å². The van der Waals surface area contributed by atoms with Crippen LogP contribution >= 0.6 is 23.1 Å². The normalized spacial score (nSPS) is 19.7. The molecule has 1 aliphatic heterocycles. The van der Waals surface area contributed by atoms with Gasteiger partial charge in [0.15, 0.2) is 0 Å². The molecule has 19 heavy (non-hydrogen) atoms. The number of rotatable bonds is 2. The van der Waals surface area contributed by atoms with Crippen molar-refractivity contribution in [2.45, 2.75) is 13.0 Å². The second-order valence-corrected chi connectivity index (χ2v) is 5.65. The van der Waals surface area contributed by atoms with E-state index in [1.807, 2.05) is 31.2 Å². The molecule has 0 saturated carbocycles. The second kappa shape index (κ2) is 5.45. The van der Waals surface area contributed by atoms with E-state index in [2.05, 4.69) is 14.3 Å². The summed E-state index contributed by atoms with van der Waals surface area (Å²) in [6.45, 7) is 4.28. The number of anilines is 1. The van der Waals surface area contributed by atoms with Crippen molar-refractivity contribution in [2.75, 3.05) is 24.6 Å². The first-order valence-corrected chi connectivity index (χ1v) is 7.30. The first kappa shape index (κ1) is 12.8. The molecule has 6 heteroatoms. The summed E-state index contributed by atoms with van der Waals surface area (Å²) in [5.74, 6) is 0.828. The van der Waals surface area contributed by atoms with Crippen LogP contribution in [0.4, 0.5) is 5.13 Å². The van der Waals surface area contributed by atoms with Gasteiger partial charge >= 0.3 is 0 Å². The number of aromatic nitrogens is 2. The van der Waals surface area contributed by atoms with Crippen LogP contribution in [0.3, 0.4) is 0 Å². The maximum Gasteiger partial charge on any atom is 0.205 e. The number of hydrogen-bond donors (Lipinski definition) is 0. The smallest absolute Gasteiger partial charge is 0.205 e. The Balaban J connectivity index is 1.76. The van der Waals surface area contributed by atoms with Crippen molar-refractivity contribution in [1.82, 2.24) is 9.36 Å². The molecule has 1 aliphatic rings. The minimum absolute atomic E-state index is 0.0650. The maximum absolute atomic E-state index is 5.91. The number of morpholine rings is 1. The van der Waals surface area contributed by atoms with Crippen LogP contribution in [0, 0.1) is 6.92 Å². The van der Waals surface area contributed by atoms with Crippen LogP contribution in [-0.2, 0) is 4.74 Å². The fourth-order valence-electron chi connectivity index (χ4n) is 2.12. The highest BCUT2D eigenvalue weighted by Gasteiger charge is 2.24. The summed E-state index contributed by atoms with van der Waals surface area (Å²) in [4.78, 5) is 6.66. The second-order valence-electron chi connectivity index (χ2n) is 4.48. The van der Waals surface area contributed by atoms with E-state index in [0.29, 0.717) is 6.61 Å².